The number of halogens is 2. The lowest BCUT2D eigenvalue weighted by Gasteiger charge is -2.04. The molecule has 2 rings (SSSR count). The van der Waals surface area contributed by atoms with E-state index in [0.717, 1.165) is 0 Å². The maximum atomic E-state index is 12.1. The van der Waals surface area contributed by atoms with Gasteiger partial charge in [0.2, 0.25) is 0 Å². The van der Waals surface area contributed by atoms with Gasteiger partial charge in [0.05, 0.1) is 5.56 Å². The minimum Gasteiger partial charge on any atom is -0.423 e. The van der Waals surface area contributed by atoms with E-state index in [2.05, 4.69) is 0 Å². The standard InChI is InChI=1S/C15H10F2O2/c16-14(17)10-11-5-4-6-12(9-11)15(18)19-13-7-2-1-3-8-13/h1-10H. The van der Waals surface area contributed by atoms with Crippen molar-refractivity contribution in [2.75, 3.05) is 0 Å². The Hall–Kier alpha value is -2.49. The molecule has 4 heteroatoms. The lowest BCUT2D eigenvalue weighted by atomic mass is 10.1. The molecule has 0 aliphatic carbocycles. The fourth-order valence-corrected chi connectivity index (χ4v) is 1.54. The average Bonchev–Trinajstić information content (AvgIpc) is 2.39. The number of para-hydroxylation sites is 1. The summed E-state index contributed by atoms with van der Waals surface area (Å²) in [5.41, 5.74) is 0.473. The van der Waals surface area contributed by atoms with Crippen LogP contribution in [0.2, 0.25) is 0 Å². The number of esters is 1. The Kier molecular flexibility index (Phi) is 4.03. The Morgan fingerprint density at radius 2 is 1.74 bits per heavy atom. The fraction of sp³-hybridized carbons (Fsp3) is 0. The average molecular weight is 260 g/mol. The summed E-state index contributed by atoms with van der Waals surface area (Å²) < 4.78 is 29.4. The first kappa shape index (κ1) is 13.0. The van der Waals surface area contributed by atoms with Crippen molar-refractivity contribution >= 4 is 12.0 Å². The van der Waals surface area contributed by atoms with Crippen molar-refractivity contribution < 1.29 is 18.3 Å². The summed E-state index contributed by atoms with van der Waals surface area (Å²) in [6.07, 6.45) is -1.12. The summed E-state index contributed by atoms with van der Waals surface area (Å²) >= 11 is 0. The van der Waals surface area contributed by atoms with Crippen LogP contribution in [0.4, 0.5) is 8.78 Å². The van der Waals surface area contributed by atoms with E-state index in [-0.39, 0.29) is 11.1 Å². The second-order valence-corrected chi connectivity index (χ2v) is 3.76. The van der Waals surface area contributed by atoms with Crippen LogP contribution in [0.25, 0.3) is 6.08 Å². The Bertz CT molecular complexity index is 603. The van der Waals surface area contributed by atoms with Crippen LogP contribution in [0.15, 0.2) is 60.7 Å². The van der Waals surface area contributed by atoms with Crippen molar-refractivity contribution in [2.45, 2.75) is 0 Å². The molecule has 2 nitrogen and oxygen atoms in total. The molecule has 0 aromatic heterocycles. The Labute approximate surface area is 108 Å². The summed E-state index contributed by atoms with van der Waals surface area (Å²) in [5.74, 6) is -0.175. The molecule has 0 saturated carbocycles. The van der Waals surface area contributed by atoms with Gasteiger partial charge in [0.25, 0.3) is 6.08 Å². The van der Waals surface area contributed by atoms with Gasteiger partial charge in [0.1, 0.15) is 5.75 Å². The van der Waals surface area contributed by atoms with E-state index >= 15 is 0 Å². The molecule has 0 aliphatic rings. The van der Waals surface area contributed by atoms with Gasteiger partial charge in [0, 0.05) is 6.08 Å². The number of carbonyl (C=O) groups excluding carboxylic acids is 1. The molecule has 0 heterocycles. The summed E-state index contributed by atoms with van der Waals surface area (Å²) in [5, 5.41) is 0. The molecule has 0 radical (unpaired) electrons. The van der Waals surface area contributed by atoms with E-state index in [4.69, 9.17) is 4.74 Å². The highest BCUT2D eigenvalue weighted by Crippen LogP contribution is 2.15. The van der Waals surface area contributed by atoms with Crippen molar-refractivity contribution in [1.29, 1.82) is 0 Å². The lowest BCUT2D eigenvalue weighted by molar-refractivity contribution is 0.0734. The third-order valence-corrected chi connectivity index (χ3v) is 2.35. The summed E-state index contributed by atoms with van der Waals surface area (Å²) in [6, 6.07) is 14.4. The molecule has 96 valence electrons. The quantitative estimate of drug-likeness (QED) is 0.612. The van der Waals surface area contributed by atoms with E-state index in [0.29, 0.717) is 11.8 Å². The first-order valence-corrected chi connectivity index (χ1v) is 5.55. The SMILES string of the molecule is O=C(Oc1ccccc1)c1cccc(C=C(F)F)c1. The third kappa shape index (κ3) is 3.74. The number of ether oxygens (including phenoxy) is 1. The molecule has 0 N–H and O–H groups in total. The largest absolute Gasteiger partial charge is 0.423 e. The molecule has 2 aromatic rings. The highest BCUT2D eigenvalue weighted by atomic mass is 19.3. The lowest BCUT2D eigenvalue weighted by Crippen LogP contribution is -2.08. The van der Waals surface area contributed by atoms with Crippen LogP contribution in [-0.4, -0.2) is 5.97 Å². The van der Waals surface area contributed by atoms with Gasteiger partial charge in [-0.3, -0.25) is 0 Å². The molecular formula is C15H10F2O2. The van der Waals surface area contributed by atoms with Crippen molar-refractivity contribution in [2.24, 2.45) is 0 Å². The molecule has 0 saturated heterocycles. The van der Waals surface area contributed by atoms with Gasteiger partial charge in [-0.15, -0.1) is 0 Å². The second kappa shape index (κ2) is 5.91. The summed E-state index contributed by atoms with van der Waals surface area (Å²) in [6.45, 7) is 0. The molecular weight excluding hydrogens is 250 g/mol. The van der Waals surface area contributed by atoms with Gasteiger partial charge < -0.3 is 4.74 Å². The topological polar surface area (TPSA) is 26.3 Å². The molecule has 0 fully saturated rings. The van der Waals surface area contributed by atoms with Crippen LogP contribution in [0.5, 0.6) is 5.75 Å². The zero-order valence-electron chi connectivity index (χ0n) is 9.85. The van der Waals surface area contributed by atoms with Crippen LogP contribution in [0.1, 0.15) is 15.9 Å². The normalized spacial score (nSPS) is 9.79. The van der Waals surface area contributed by atoms with Gasteiger partial charge in [-0.25, -0.2) is 4.79 Å². The molecule has 2 aromatic carbocycles. The van der Waals surface area contributed by atoms with Gasteiger partial charge >= 0.3 is 5.97 Å². The van der Waals surface area contributed by atoms with Crippen molar-refractivity contribution in [1.82, 2.24) is 0 Å². The van der Waals surface area contributed by atoms with Crippen LogP contribution < -0.4 is 4.74 Å². The molecule has 0 amide bonds. The Morgan fingerprint density at radius 1 is 1.00 bits per heavy atom. The first-order chi connectivity index (χ1) is 9.15. The molecule has 0 bridgehead atoms. The molecule has 19 heavy (non-hydrogen) atoms. The molecule has 0 spiro atoms. The maximum Gasteiger partial charge on any atom is 0.343 e. The monoisotopic (exact) mass is 260 g/mol. The van der Waals surface area contributed by atoms with Crippen molar-refractivity contribution in [3.05, 3.63) is 71.8 Å². The van der Waals surface area contributed by atoms with Gasteiger partial charge in [0.15, 0.2) is 0 Å². The fourth-order valence-electron chi connectivity index (χ4n) is 1.54. The molecule has 0 unspecified atom stereocenters. The van der Waals surface area contributed by atoms with E-state index in [1.165, 1.54) is 24.3 Å². The minimum atomic E-state index is -1.81. The first-order valence-electron chi connectivity index (χ1n) is 5.55. The smallest absolute Gasteiger partial charge is 0.343 e. The van der Waals surface area contributed by atoms with E-state index in [1.807, 2.05) is 0 Å². The highest BCUT2D eigenvalue weighted by molar-refractivity contribution is 5.91. The number of hydrogen-bond donors (Lipinski definition) is 0. The van der Waals surface area contributed by atoms with Gasteiger partial charge in [-0.2, -0.15) is 8.78 Å². The second-order valence-electron chi connectivity index (χ2n) is 3.76. The molecule has 0 atom stereocenters. The van der Waals surface area contributed by atoms with Crippen LogP contribution in [0.3, 0.4) is 0 Å². The number of hydrogen-bond acceptors (Lipinski definition) is 2. The Balaban J connectivity index is 2.18. The molecule has 0 aliphatic heterocycles. The number of rotatable bonds is 3. The maximum absolute atomic E-state index is 12.1. The minimum absolute atomic E-state index is 0.221. The Morgan fingerprint density at radius 3 is 2.42 bits per heavy atom. The third-order valence-electron chi connectivity index (χ3n) is 2.35. The van der Waals surface area contributed by atoms with Gasteiger partial charge in [-0.1, -0.05) is 30.3 Å². The zero-order valence-corrected chi connectivity index (χ0v) is 9.85. The predicted octanol–water partition coefficient (Wildman–Crippen LogP) is 4.14. The van der Waals surface area contributed by atoms with Crippen LogP contribution >= 0.6 is 0 Å². The number of carbonyl (C=O) groups is 1. The predicted molar refractivity (Wildman–Crippen MR) is 68.0 cm³/mol. The van der Waals surface area contributed by atoms with E-state index < -0.39 is 12.0 Å². The van der Waals surface area contributed by atoms with Crippen LogP contribution in [0, 0.1) is 0 Å². The zero-order chi connectivity index (χ0) is 13.7. The summed E-state index contributed by atoms with van der Waals surface area (Å²) in [4.78, 5) is 11.8. The van der Waals surface area contributed by atoms with Crippen molar-refractivity contribution in [3.8, 4) is 5.75 Å². The summed E-state index contributed by atoms with van der Waals surface area (Å²) in [7, 11) is 0. The highest BCUT2D eigenvalue weighted by Gasteiger charge is 2.08. The van der Waals surface area contributed by atoms with E-state index in [9.17, 15) is 13.6 Å². The van der Waals surface area contributed by atoms with Gasteiger partial charge in [-0.05, 0) is 29.8 Å². The number of benzene rings is 2. The van der Waals surface area contributed by atoms with Crippen molar-refractivity contribution in [3.63, 3.8) is 0 Å². The van der Waals surface area contributed by atoms with E-state index in [1.54, 1.807) is 30.3 Å². The van der Waals surface area contributed by atoms with Crippen LogP contribution in [-0.2, 0) is 0 Å².